The van der Waals surface area contributed by atoms with Crippen molar-refractivity contribution in [2.45, 2.75) is 0 Å². The van der Waals surface area contributed by atoms with Crippen molar-refractivity contribution in [3.8, 4) is 0 Å². The summed E-state index contributed by atoms with van der Waals surface area (Å²) in [4.78, 5) is 28.0. The summed E-state index contributed by atoms with van der Waals surface area (Å²) in [7, 11) is 0. The van der Waals surface area contributed by atoms with Crippen molar-refractivity contribution in [3.63, 3.8) is 0 Å². The molecular formula is C3K2O5. The van der Waals surface area contributed by atoms with Gasteiger partial charge in [-0.1, -0.05) is 0 Å². The summed E-state index contributed by atoms with van der Waals surface area (Å²) >= 11 is 0. The van der Waals surface area contributed by atoms with E-state index in [0.29, 0.717) is 0 Å². The van der Waals surface area contributed by atoms with Gasteiger partial charge in [0.25, 0.3) is 0 Å². The monoisotopic (exact) mass is 194 g/mol. The van der Waals surface area contributed by atoms with Crippen molar-refractivity contribution in [1.29, 1.82) is 0 Å². The number of hydrogen-bond donors (Lipinski definition) is 0. The quantitative estimate of drug-likeness (QED) is 0.247. The van der Waals surface area contributed by atoms with Gasteiger partial charge < -0.3 is 19.8 Å². The van der Waals surface area contributed by atoms with E-state index in [-0.39, 0.29) is 103 Å². The fraction of sp³-hybridized carbons (Fsp3) is 0. The van der Waals surface area contributed by atoms with E-state index < -0.39 is 17.7 Å². The molecule has 0 aromatic carbocycles. The molecule has 0 aliphatic rings. The van der Waals surface area contributed by atoms with Crippen LogP contribution in [0.1, 0.15) is 0 Å². The molecule has 0 fully saturated rings. The first-order valence-corrected chi connectivity index (χ1v) is 1.52. The largest absolute Gasteiger partial charge is 1.00 e. The van der Waals surface area contributed by atoms with Crippen molar-refractivity contribution in [2.24, 2.45) is 0 Å². The maximum absolute atomic E-state index is 9.52. The van der Waals surface area contributed by atoms with E-state index in [4.69, 9.17) is 0 Å². The number of carboxylic acid groups (broad SMARTS) is 2. The van der Waals surface area contributed by atoms with Crippen LogP contribution in [0, 0.1) is 0 Å². The van der Waals surface area contributed by atoms with Crippen LogP contribution in [0.15, 0.2) is 0 Å². The predicted octanol–water partition coefficient (Wildman–Crippen LogP) is -9.94. The van der Waals surface area contributed by atoms with Gasteiger partial charge in [0.1, 0.15) is 11.9 Å². The molecule has 0 unspecified atom stereocenters. The summed E-state index contributed by atoms with van der Waals surface area (Å²) in [5.74, 6) is -6.56. The molecule has 7 heteroatoms. The third kappa shape index (κ3) is 7.98. The smallest absolute Gasteiger partial charge is 0.541 e. The molecule has 0 saturated carbocycles. The molecule has 0 aromatic heterocycles. The van der Waals surface area contributed by atoms with E-state index in [0.717, 1.165) is 0 Å². The van der Waals surface area contributed by atoms with Crippen LogP contribution >= 0.6 is 0 Å². The van der Waals surface area contributed by atoms with Crippen molar-refractivity contribution >= 4 is 17.7 Å². The maximum Gasteiger partial charge on any atom is 1.00 e. The van der Waals surface area contributed by atoms with E-state index >= 15 is 0 Å². The first kappa shape index (κ1) is 17.8. The Morgan fingerprint density at radius 1 is 0.800 bits per heavy atom. The Balaban J connectivity index is -0.000000245. The van der Waals surface area contributed by atoms with Gasteiger partial charge in [-0.15, -0.1) is 0 Å². The summed E-state index contributed by atoms with van der Waals surface area (Å²) < 4.78 is 0. The molecule has 0 amide bonds. The molecular weight excluding hydrogens is 194 g/mol. The summed E-state index contributed by atoms with van der Waals surface area (Å²) in [5, 5.41) is 18.5. The minimum absolute atomic E-state index is 0. The Kier molecular flexibility index (Phi) is 16.0. The number of carbonyl (C=O) groups is 3. The molecule has 0 aliphatic heterocycles. The van der Waals surface area contributed by atoms with Crippen LogP contribution in [0.25, 0.3) is 0 Å². The number of aliphatic carboxylic acids is 2. The van der Waals surface area contributed by atoms with Gasteiger partial charge >= 0.3 is 103 Å². The normalized spacial score (nSPS) is 6.40. The summed E-state index contributed by atoms with van der Waals surface area (Å²) in [6.45, 7) is 0. The van der Waals surface area contributed by atoms with Crippen LogP contribution in [-0.2, 0) is 14.4 Å². The third-order valence-corrected chi connectivity index (χ3v) is 0.371. The predicted molar refractivity (Wildman–Crippen MR) is 15.0 cm³/mol. The standard InChI is InChI=1S/C3H2O5.2K/c4-1(2(5)6)3(7)8;;/h(H,5,6)(H,7,8);;/q;2*+1/p-2. The van der Waals surface area contributed by atoms with E-state index in [9.17, 15) is 24.6 Å². The maximum atomic E-state index is 9.52. The second-order valence-corrected chi connectivity index (χ2v) is 0.904. The van der Waals surface area contributed by atoms with Gasteiger partial charge in [0, 0.05) is 0 Å². The zero-order valence-corrected chi connectivity index (χ0v) is 11.8. The van der Waals surface area contributed by atoms with Gasteiger partial charge in [-0.2, -0.15) is 0 Å². The summed E-state index contributed by atoms with van der Waals surface area (Å²) in [5.41, 5.74) is 0. The van der Waals surface area contributed by atoms with E-state index in [1.807, 2.05) is 0 Å². The van der Waals surface area contributed by atoms with Gasteiger partial charge in [-0.05, 0) is 0 Å². The second kappa shape index (κ2) is 8.97. The Morgan fingerprint density at radius 2 is 1.00 bits per heavy atom. The topological polar surface area (TPSA) is 97.3 Å². The van der Waals surface area contributed by atoms with Gasteiger partial charge in [0.15, 0.2) is 0 Å². The molecule has 0 spiro atoms. The van der Waals surface area contributed by atoms with Crippen molar-refractivity contribution in [3.05, 3.63) is 0 Å². The van der Waals surface area contributed by atoms with Crippen molar-refractivity contribution in [2.75, 3.05) is 0 Å². The number of carbonyl (C=O) groups excluding carboxylic acids is 3. The fourth-order valence-corrected chi connectivity index (χ4v) is 0.0833. The number of Topliss-reactive ketones (excluding diaryl/α,β-unsaturated/α-hetero) is 1. The van der Waals surface area contributed by atoms with Gasteiger partial charge in [0.2, 0.25) is 5.78 Å². The first-order valence-electron chi connectivity index (χ1n) is 1.52. The van der Waals surface area contributed by atoms with Crippen molar-refractivity contribution in [1.82, 2.24) is 0 Å². The van der Waals surface area contributed by atoms with E-state index in [1.165, 1.54) is 0 Å². The third-order valence-electron chi connectivity index (χ3n) is 0.371. The molecule has 0 heterocycles. The van der Waals surface area contributed by atoms with Crippen molar-refractivity contribution < 1.29 is 127 Å². The summed E-state index contributed by atoms with van der Waals surface area (Å²) in [6, 6.07) is 0. The van der Waals surface area contributed by atoms with Crippen LogP contribution in [0.3, 0.4) is 0 Å². The SMILES string of the molecule is O=C([O-])C(=O)C(=O)[O-].[K+].[K+]. The molecule has 0 aliphatic carbocycles. The van der Waals surface area contributed by atoms with E-state index in [1.54, 1.807) is 0 Å². The molecule has 0 saturated heterocycles. The number of carboxylic acids is 2. The van der Waals surface area contributed by atoms with Crippen LogP contribution in [-0.4, -0.2) is 17.7 Å². The number of rotatable bonds is 2. The molecule has 0 N–H and O–H groups in total. The molecule has 0 atom stereocenters. The average molecular weight is 194 g/mol. The number of hydrogen-bond acceptors (Lipinski definition) is 5. The molecule has 0 radical (unpaired) electrons. The summed E-state index contributed by atoms with van der Waals surface area (Å²) in [6.07, 6.45) is 0. The molecule has 0 aromatic rings. The Morgan fingerprint density at radius 3 is 1.00 bits per heavy atom. The van der Waals surface area contributed by atoms with Gasteiger partial charge in [-0.25, -0.2) is 0 Å². The number of ketones is 1. The first-order chi connectivity index (χ1) is 3.55. The van der Waals surface area contributed by atoms with Crippen LogP contribution < -0.4 is 113 Å². The molecule has 5 nitrogen and oxygen atoms in total. The Labute approximate surface area is 141 Å². The Hall–Kier alpha value is 1.88. The van der Waals surface area contributed by atoms with Gasteiger partial charge in [-0.3, -0.25) is 4.79 Å². The minimum atomic E-state index is -2.26. The molecule has 0 bridgehead atoms. The van der Waals surface area contributed by atoms with Crippen LogP contribution in [0.5, 0.6) is 0 Å². The Bertz CT molecular complexity index is 137. The van der Waals surface area contributed by atoms with Crippen LogP contribution in [0.4, 0.5) is 0 Å². The van der Waals surface area contributed by atoms with Gasteiger partial charge in [0.05, 0.1) is 0 Å². The van der Waals surface area contributed by atoms with E-state index in [2.05, 4.69) is 0 Å². The average Bonchev–Trinajstić information content (AvgIpc) is 1.64. The molecule has 0 rings (SSSR count). The molecule has 44 valence electrons. The molecule has 10 heavy (non-hydrogen) atoms. The minimum Gasteiger partial charge on any atom is -0.541 e. The zero-order valence-electron chi connectivity index (χ0n) is 5.54. The van der Waals surface area contributed by atoms with Crippen LogP contribution in [0.2, 0.25) is 0 Å². The second-order valence-electron chi connectivity index (χ2n) is 0.904. The fourth-order valence-electron chi connectivity index (χ4n) is 0.0833. The zero-order chi connectivity index (χ0) is 6.73.